The minimum atomic E-state index is -1.71. The normalized spacial score (nSPS) is 33.3. The van der Waals surface area contributed by atoms with Gasteiger partial charge in [0.05, 0.1) is 19.8 Å². The minimum Gasteiger partial charge on any atom is -0.492 e. The smallest absolute Gasteiger partial charge is 0.333 e. The Labute approximate surface area is 239 Å². The molecule has 3 heterocycles. The average molecular weight is 611 g/mol. The third kappa shape index (κ3) is 8.71. The first-order chi connectivity index (χ1) is 19.9. The number of hydrogen-bond donors (Lipinski definition) is 10. The molecule has 10 N–H and O–H groups in total. The molecule has 2 aliphatic rings. The first-order valence-corrected chi connectivity index (χ1v) is 13.3. The lowest BCUT2D eigenvalue weighted by Gasteiger charge is -2.42. The Morgan fingerprint density at radius 1 is 0.786 bits per heavy atom. The summed E-state index contributed by atoms with van der Waals surface area (Å²) in [5.74, 6) is -1.98. The first kappa shape index (κ1) is 33.9. The number of ether oxygens (including phenoxy) is 4. The lowest BCUT2D eigenvalue weighted by Crippen LogP contribution is -2.61. The van der Waals surface area contributed by atoms with Crippen LogP contribution >= 0.6 is 0 Å². The van der Waals surface area contributed by atoms with Crippen LogP contribution in [0.5, 0.6) is 11.8 Å². The fourth-order valence-corrected chi connectivity index (χ4v) is 4.24. The maximum absolute atomic E-state index is 12.0. The second kappa shape index (κ2) is 15.7. The van der Waals surface area contributed by atoms with Crippen LogP contribution in [0.2, 0.25) is 0 Å². The largest absolute Gasteiger partial charge is 0.492 e. The van der Waals surface area contributed by atoms with Gasteiger partial charge >= 0.3 is 5.97 Å². The summed E-state index contributed by atoms with van der Waals surface area (Å²) >= 11 is 0. The predicted molar refractivity (Wildman–Crippen MR) is 133 cm³/mol. The number of nitrogens with zero attached hydrogens (tertiary/aromatic N) is 1. The summed E-state index contributed by atoms with van der Waals surface area (Å²) < 4.78 is 22.0. The molecule has 2 saturated heterocycles. The van der Waals surface area contributed by atoms with Crippen LogP contribution in [-0.2, 0) is 28.5 Å². The third-order valence-electron chi connectivity index (χ3n) is 6.67. The Morgan fingerprint density at radius 2 is 1.33 bits per heavy atom. The van der Waals surface area contributed by atoms with E-state index in [1.54, 1.807) is 0 Å². The zero-order valence-corrected chi connectivity index (χ0v) is 22.4. The summed E-state index contributed by atoms with van der Waals surface area (Å²) in [6.45, 7) is -1.35. The topological polar surface area (TPSA) is 279 Å². The van der Waals surface area contributed by atoms with Crippen LogP contribution in [0.4, 0.5) is 0 Å². The number of aliphatic hydroxyl groups is 7. The maximum Gasteiger partial charge on any atom is 0.333 e. The van der Waals surface area contributed by atoms with E-state index in [1.165, 1.54) is 0 Å². The zero-order chi connectivity index (χ0) is 31.0. The van der Waals surface area contributed by atoms with E-state index in [9.17, 15) is 55.5 Å². The molecule has 3 rings (SSSR count). The van der Waals surface area contributed by atoms with Crippen molar-refractivity contribution in [2.75, 3.05) is 26.4 Å². The highest BCUT2D eigenvalue weighted by molar-refractivity contribution is 5.76. The number of hydrogen-bond acceptors (Lipinski definition) is 16. The maximum atomic E-state index is 12.0. The fourth-order valence-electron chi connectivity index (χ4n) is 4.24. The molecule has 0 aromatic carbocycles. The average Bonchev–Trinajstić information content (AvgIpc) is 3.28. The quantitative estimate of drug-likeness (QED) is 0.0884. The van der Waals surface area contributed by atoms with Crippen molar-refractivity contribution in [3.8, 4) is 11.8 Å². The molecule has 1 aromatic rings. The zero-order valence-electron chi connectivity index (χ0n) is 22.4. The van der Waals surface area contributed by atoms with Crippen molar-refractivity contribution in [2.24, 2.45) is 0 Å². The van der Waals surface area contributed by atoms with Crippen LogP contribution in [0.25, 0.3) is 0 Å². The molecule has 18 heteroatoms. The van der Waals surface area contributed by atoms with Gasteiger partial charge in [0.15, 0.2) is 12.6 Å². The van der Waals surface area contributed by atoms with Gasteiger partial charge in [0.2, 0.25) is 17.7 Å². The van der Waals surface area contributed by atoms with Gasteiger partial charge < -0.3 is 75.1 Å². The monoisotopic (exact) mass is 610 g/mol. The standard InChI is InChI=1S/C24H38N2O16/c27-9-11-17(32)19(34)22(37)24(40-11)39-10-12-18(33)20(35)21(36)23(41-12)38-8-7-25-13(28)3-1-2-4-16(31)42-26-14(29)5-6-15(26)30/h5-6,11-12,17-24,27,29-30,32-37H,1-4,7-10H2,(H,25,28)/t11-,12-,17-,18-,19+,20+,21+,22+,23+,24+/m1/s1. The molecule has 18 nitrogen and oxygen atoms in total. The van der Waals surface area contributed by atoms with E-state index in [0.29, 0.717) is 17.6 Å². The second-order valence-corrected chi connectivity index (χ2v) is 9.78. The Hall–Kier alpha value is -2.62. The third-order valence-corrected chi connectivity index (χ3v) is 6.67. The summed E-state index contributed by atoms with van der Waals surface area (Å²) in [7, 11) is 0. The van der Waals surface area contributed by atoms with Crippen molar-refractivity contribution >= 4 is 11.9 Å². The number of aliphatic hydroxyl groups excluding tert-OH is 7. The highest BCUT2D eigenvalue weighted by Gasteiger charge is 2.47. The van der Waals surface area contributed by atoms with Gasteiger partial charge in [-0.05, 0) is 12.8 Å². The van der Waals surface area contributed by atoms with Crippen molar-refractivity contribution in [1.82, 2.24) is 10.0 Å². The number of aromatic hydroxyl groups is 2. The summed E-state index contributed by atoms with van der Waals surface area (Å²) in [6.07, 6.45) is -14.8. The van der Waals surface area contributed by atoms with Crippen molar-refractivity contribution in [2.45, 2.75) is 87.1 Å². The second-order valence-electron chi connectivity index (χ2n) is 9.78. The van der Waals surface area contributed by atoms with Crippen molar-refractivity contribution in [3.63, 3.8) is 0 Å². The molecule has 0 aliphatic carbocycles. The Bertz CT molecular complexity index is 988. The molecule has 2 fully saturated rings. The van der Waals surface area contributed by atoms with E-state index >= 15 is 0 Å². The summed E-state index contributed by atoms with van der Waals surface area (Å²) in [4.78, 5) is 28.6. The van der Waals surface area contributed by atoms with E-state index < -0.39 is 92.4 Å². The molecule has 42 heavy (non-hydrogen) atoms. The van der Waals surface area contributed by atoms with E-state index in [1.807, 2.05) is 0 Å². The molecular weight excluding hydrogens is 572 g/mol. The van der Waals surface area contributed by atoms with Gasteiger partial charge in [-0.3, -0.25) is 4.79 Å². The SMILES string of the molecule is O=C(CCCCC(=O)On1c(O)ccc1O)NCCO[C@H]1O[C@H](CO[C@H]2O[C@H](CO)[C@@H](O)[C@H](O)[C@@H]2O)[C@@H](O)[C@H](O)[C@@H]1O. The van der Waals surface area contributed by atoms with Crippen LogP contribution in [0.3, 0.4) is 0 Å². The fraction of sp³-hybridized carbons (Fsp3) is 0.750. The van der Waals surface area contributed by atoms with Crippen LogP contribution in [0.1, 0.15) is 25.7 Å². The molecule has 10 atom stereocenters. The van der Waals surface area contributed by atoms with Gasteiger partial charge in [-0.25, -0.2) is 4.79 Å². The molecular formula is C24H38N2O16. The van der Waals surface area contributed by atoms with Crippen molar-refractivity contribution in [1.29, 1.82) is 0 Å². The van der Waals surface area contributed by atoms with E-state index in [4.69, 9.17) is 23.8 Å². The Morgan fingerprint density at radius 3 is 1.95 bits per heavy atom. The summed E-state index contributed by atoms with van der Waals surface area (Å²) in [6, 6.07) is 2.29. The molecule has 0 bridgehead atoms. The highest BCUT2D eigenvalue weighted by atomic mass is 16.7. The van der Waals surface area contributed by atoms with E-state index in [-0.39, 0.29) is 31.9 Å². The lowest BCUT2D eigenvalue weighted by molar-refractivity contribution is -0.330. The van der Waals surface area contributed by atoms with Gasteiger partial charge in [0, 0.05) is 31.5 Å². The van der Waals surface area contributed by atoms with Crippen LogP contribution in [-0.4, -0.2) is 150 Å². The van der Waals surface area contributed by atoms with Crippen molar-refractivity contribution in [3.05, 3.63) is 12.1 Å². The van der Waals surface area contributed by atoms with Gasteiger partial charge in [0.1, 0.15) is 48.8 Å². The molecule has 1 aromatic heterocycles. The van der Waals surface area contributed by atoms with Crippen LogP contribution < -0.4 is 10.2 Å². The van der Waals surface area contributed by atoms with Gasteiger partial charge in [0.25, 0.3) is 0 Å². The molecule has 0 spiro atoms. The molecule has 240 valence electrons. The van der Waals surface area contributed by atoms with Gasteiger partial charge in [-0.15, -0.1) is 4.73 Å². The molecule has 0 saturated carbocycles. The number of carbonyl (C=O) groups is 2. The first-order valence-electron chi connectivity index (χ1n) is 13.3. The number of rotatable bonds is 14. The number of amides is 1. The summed E-state index contributed by atoms with van der Waals surface area (Å²) in [5.41, 5.74) is 0. The summed E-state index contributed by atoms with van der Waals surface area (Å²) in [5, 5.41) is 91.2. The van der Waals surface area contributed by atoms with E-state index in [0.717, 1.165) is 12.1 Å². The van der Waals surface area contributed by atoms with Crippen LogP contribution in [0.15, 0.2) is 12.1 Å². The number of nitrogens with one attached hydrogen (secondary N) is 1. The lowest BCUT2D eigenvalue weighted by atomic mass is 9.98. The Balaban J connectivity index is 1.34. The Kier molecular flexibility index (Phi) is 12.7. The predicted octanol–water partition coefficient (Wildman–Crippen LogP) is -4.83. The number of carbonyl (C=O) groups excluding carboxylic acids is 2. The minimum absolute atomic E-state index is 0.00960. The van der Waals surface area contributed by atoms with Crippen LogP contribution in [0, 0.1) is 0 Å². The molecule has 1 amide bonds. The van der Waals surface area contributed by atoms with Crippen molar-refractivity contribution < 1.29 is 79.3 Å². The number of aromatic nitrogens is 1. The molecule has 0 radical (unpaired) electrons. The van der Waals surface area contributed by atoms with Gasteiger partial charge in [-0.2, -0.15) is 0 Å². The highest BCUT2D eigenvalue weighted by Crippen LogP contribution is 2.26. The number of unbranched alkanes of at least 4 members (excludes halogenated alkanes) is 1. The molecule has 2 aliphatic heterocycles. The van der Waals surface area contributed by atoms with Gasteiger partial charge in [-0.1, -0.05) is 0 Å². The molecule has 0 unspecified atom stereocenters. The van der Waals surface area contributed by atoms with E-state index in [2.05, 4.69) is 5.32 Å².